The van der Waals surface area contributed by atoms with Crippen LogP contribution in [0.15, 0.2) is 42.5 Å². The van der Waals surface area contributed by atoms with Gasteiger partial charge in [-0.2, -0.15) is 0 Å². The third-order valence-electron chi connectivity index (χ3n) is 6.67. The number of halogens is 3. The van der Waals surface area contributed by atoms with Crippen LogP contribution in [-0.4, -0.2) is 68.9 Å². The molecule has 1 spiro atoms. The van der Waals surface area contributed by atoms with Gasteiger partial charge in [0.15, 0.2) is 11.6 Å². The van der Waals surface area contributed by atoms with Gasteiger partial charge in [0, 0.05) is 31.7 Å². The van der Waals surface area contributed by atoms with Crippen molar-refractivity contribution in [2.75, 3.05) is 19.6 Å². The summed E-state index contributed by atoms with van der Waals surface area (Å²) in [6, 6.07) is 9.02. The third-order valence-corrected chi connectivity index (χ3v) is 6.67. The lowest BCUT2D eigenvalue weighted by atomic mass is 9.82. The molecule has 6 nitrogen and oxygen atoms in total. The Labute approximate surface area is 182 Å². The van der Waals surface area contributed by atoms with Gasteiger partial charge in [0.1, 0.15) is 11.4 Å². The van der Waals surface area contributed by atoms with Crippen LogP contribution in [-0.2, 0) is 22.7 Å². The van der Waals surface area contributed by atoms with E-state index in [0.717, 1.165) is 17.0 Å². The van der Waals surface area contributed by atoms with Crippen LogP contribution in [0.3, 0.4) is 0 Å². The molecular formula is C23H22F3N3O3. The highest BCUT2D eigenvalue weighted by Crippen LogP contribution is 2.41. The van der Waals surface area contributed by atoms with E-state index in [2.05, 4.69) is 0 Å². The Bertz CT molecular complexity index is 1090. The number of rotatable bonds is 4. The number of hydrogen-bond acceptors (Lipinski definition) is 5. The minimum absolute atomic E-state index is 0.171. The Balaban J connectivity index is 1.39. The topological polar surface area (TPSA) is 64.1 Å². The minimum Gasteiger partial charge on any atom is -0.392 e. The summed E-state index contributed by atoms with van der Waals surface area (Å²) < 4.78 is 41.0. The van der Waals surface area contributed by atoms with E-state index in [1.807, 2.05) is 4.90 Å². The first-order valence-corrected chi connectivity index (χ1v) is 10.5. The summed E-state index contributed by atoms with van der Waals surface area (Å²) >= 11 is 0. The Morgan fingerprint density at radius 3 is 2.44 bits per heavy atom. The zero-order chi connectivity index (χ0) is 22.6. The van der Waals surface area contributed by atoms with Crippen molar-refractivity contribution in [2.45, 2.75) is 37.2 Å². The summed E-state index contributed by atoms with van der Waals surface area (Å²) in [4.78, 5) is 31.4. The van der Waals surface area contributed by atoms with Gasteiger partial charge in [-0.05, 0) is 30.2 Å². The maximum absolute atomic E-state index is 14.2. The fourth-order valence-corrected chi connectivity index (χ4v) is 5.14. The van der Waals surface area contributed by atoms with Gasteiger partial charge in [-0.15, -0.1) is 0 Å². The van der Waals surface area contributed by atoms with Crippen LogP contribution in [0, 0.1) is 17.5 Å². The first-order valence-electron chi connectivity index (χ1n) is 10.5. The lowest BCUT2D eigenvalue weighted by molar-refractivity contribution is -0.181. The number of piperazine rings is 1. The SMILES string of the molecule is O=C1C2CC(O)CN2C2(CN(Cc3ccc(F)c(F)c3)C2)C(=O)N1Cc1ccccc1F. The molecule has 3 aliphatic rings. The number of fused-ring (bicyclic) bond motifs is 2. The number of amides is 2. The normalized spacial score (nSPS) is 25.3. The van der Waals surface area contributed by atoms with E-state index in [1.54, 1.807) is 11.0 Å². The van der Waals surface area contributed by atoms with Crippen molar-refractivity contribution in [3.05, 3.63) is 71.0 Å². The molecule has 0 bridgehead atoms. The van der Waals surface area contributed by atoms with Gasteiger partial charge in [-0.1, -0.05) is 24.3 Å². The van der Waals surface area contributed by atoms with Gasteiger partial charge in [-0.25, -0.2) is 13.2 Å². The van der Waals surface area contributed by atoms with Crippen LogP contribution in [0.4, 0.5) is 13.2 Å². The molecule has 3 fully saturated rings. The average Bonchev–Trinajstić information content (AvgIpc) is 3.13. The van der Waals surface area contributed by atoms with Gasteiger partial charge in [-0.3, -0.25) is 24.3 Å². The number of likely N-dealkylation sites (tertiary alicyclic amines) is 1. The predicted octanol–water partition coefficient (Wildman–Crippen LogP) is 1.66. The molecule has 32 heavy (non-hydrogen) atoms. The van der Waals surface area contributed by atoms with E-state index in [4.69, 9.17) is 0 Å². The summed E-state index contributed by atoms with van der Waals surface area (Å²) in [5.41, 5.74) is -0.200. The molecule has 3 heterocycles. The molecule has 2 unspecified atom stereocenters. The molecule has 3 aliphatic heterocycles. The van der Waals surface area contributed by atoms with Crippen molar-refractivity contribution in [1.82, 2.24) is 14.7 Å². The minimum atomic E-state index is -1.01. The summed E-state index contributed by atoms with van der Waals surface area (Å²) in [6.45, 7) is 0.892. The Kier molecular flexibility index (Phi) is 5.07. The van der Waals surface area contributed by atoms with Gasteiger partial charge < -0.3 is 5.11 Å². The maximum Gasteiger partial charge on any atom is 0.252 e. The van der Waals surface area contributed by atoms with Crippen molar-refractivity contribution >= 4 is 11.8 Å². The zero-order valence-corrected chi connectivity index (χ0v) is 17.2. The summed E-state index contributed by atoms with van der Waals surface area (Å²) in [6.07, 6.45) is -0.521. The Morgan fingerprint density at radius 1 is 0.969 bits per heavy atom. The highest BCUT2D eigenvalue weighted by molar-refractivity contribution is 6.06. The quantitative estimate of drug-likeness (QED) is 0.726. The molecular weight excluding hydrogens is 423 g/mol. The van der Waals surface area contributed by atoms with Crippen LogP contribution < -0.4 is 0 Å². The van der Waals surface area contributed by atoms with Crippen LogP contribution >= 0.6 is 0 Å². The van der Waals surface area contributed by atoms with Crippen LogP contribution in [0.2, 0.25) is 0 Å². The molecule has 0 saturated carbocycles. The number of nitrogens with zero attached hydrogens (tertiary/aromatic N) is 3. The molecule has 0 radical (unpaired) electrons. The molecule has 5 rings (SSSR count). The average molecular weight is 445 g/mol. The van der Waals surface area contributed by atoms with E-state index < -0.39 is 47.0 Å². The molecule has 9 heteroatoms. The number of hydrogen-bond donors (Lipinski definition) is 1. The molecule has 2 aromatic carbocycles. The number of benzene rings is 2. The summed E-state index contributed by atoms with van der Waals surface area (Å²) in [7, 11) is 0. The predicted molar refractivity (Wildman–Crippen MR) is 107 cm³/mol. The monoisotopic (exact) mass is 445 g/mol. The van der Waals surface area contributed by atoms with Crippen LogP contribution in [0.1, 0.15) is 17.5 Å². The van der Waals surface area contributed by atoms with Crippen molar-refractivity contribution in [3.8, 4) is 0 Å². The van der Waals surface area contributed by atoms with E-state index in [9.17, 15) is 27.9 Å². The molecule has 3 saturated heterocycles. The van der Waals surface area contributed by atoms with Gasteiger partial charge in [0.05, 0.1) is 18.7 Å². The number of carbonyl (C=O) groups excluding carboxylic acids is 2. The maximum atomic E-state index is 14.2. The first-order chi connectivity index (χ1) is 15.3. The fraction of sp³-hybridized carbons (Fsp3) is 0.391. The molecule has 2 aromatic rings. The third kappa shape index (κ3) is 3.32. The number of β-amino-alcohol motifs (C(OH)–C–C–N with tert-alkyl or cyclic N) is 1. The number of aliphatic hydroxyl groups is 1. The smallest absolute Gasteiger partial charge is 0.252 e. The highest BCUT2D eigenvalue weighted by atomic mass is 19.2. The molecule has 168 valence electrons. The van der Waals surface area contributed by atoms with Crippen molar-refractivity contribution in [3.63, 3.8) is 0 Å². The Morgan fingerprint density at radius 2 is 1.72 bits per heavy atom. The van der Waals surface area contributed by atoms with Gasteiger partial charge >= 0.3 is 0 Å². The van der Waals surface area contributed by atoms with Crippen LogP contribution in [0.25, 0.3) is 0 Å². The molecule has 0 aliphatic carbocycles. The van der Waals surface area contributed by atoms with Crippen LogP contribution in [0.5, 0.6) is 0 Å². The fourth-order valence-electron chi connectivity index (χ4n) is 5.14. The standard InChI is InChI=1S/C23H22F3N3O3/c24-17-4-2-1-3-15(17)10-28-21(31)20-8-16(30)11-29(20)23(22(28)32)12-27(13-23)9-14-5-6-18(25)19(26)7-14/h1-7,16,20,30H,8-13H2. The lowest BCUT2D eigenvalue weighted by Gasteiger charge is -2.58. The zero-order valence-electron chi connectivity index (χ0n) is 17.2. The van der Waals surface area contributed by atoms with E-state index in [-0.39, 0.29) is 38.2 Å². The molecule has 1 N–H and O–H groups in total. The summed E-state index contributed by atoms with van der Waals surface area (Å²) in [5.74, 6) is -3.20. The first kappa shape index (κ1) is 21.1. The second-order valence-corrected chi connectivity index (χ2v) is 8.80. The van der Waals surface area contributed by atoms with E-state index in [0.29, 0.717) is 12.1 Å². The summed E-state index contributed by atoms with van der Waals surface area (Å²) in [5, 5.41) is 10.2. The number of imide groups is 1. The number of carbonyl (C=O) groups is 2. The molecule has 0 aromatic heterocycles. The van der Waals surface area contributed by atoms with Crippen molar-refractivity contribution in [1.29, 1.82) is 0 Å². The molecule has 2 atom stereocenters. The second kappa shape index (κ2) is 7.68. The van der Waals surface area contributed by atoms with Gasteiger partial charge in [0.2, 0.25) is 5.91 Å². The largest absolute Gasteiger partial charge is 0.392 e. The van der Waals surface area contributed by atoms with Crippen molar-refractivity contribution in [2.24, 2.45) is 0 Å². The Hall–Kier alpha value is -2.75. The number of aliphatic hydroxyl groups excluding tert-OH is 1. The highest BCUT2D eigenvalue weighted by Gasteiger charge is 2.64. The van der Waals surface area contributed by atoms with Gasteiger partial charge in [0.25, 0.3) is 5.91 Å². The second-order valence-electron chi connectivity index (χ2n) is 8.80. The van der Waals surface area contributed by atoms with Crippen molar-refractivity contribution < 1.29 is 27.9 Å². The lowest BCUT2D eigenvalue weighted by Crippen LogP contribution is -2.81. The van der Waals surface area contributed by atoms with E-state index >= 15 is 0 Å². The van der Waals surface area contributed by atoms with E-state index in [1.165, 1.54) is 24.3 Å². The molecule has 2 amide bonds.